The number of piperazine rings is 1. The molecule has 0 saturated carbocycles. The van der Waals surface area contributed by atoms with E-state index in [0.29, 0.717) is 11.4 Å². The van der Waals surface area contributed by atoms with Crippen LogP contribution in [0.3, 0.4) is 0 Å². The third-order valence-electron chi connectivity index (χ3n) is 3.02. The third-order valence-corrected chi connectivity index (χ3v) is 3.36. The van der Waals surface area contributed by atoms with Crippen molar-refractivity contribution in [2.24, 2.45) is 0 Å². The molecule has 1 fully saturated rings. The minimum absolute atomic E-state index is 0.710. The lowest BCUT2D eigenvalue weighted by atomic mass is 10.2. The lowest BCUT2D eigenvalue weighted by Crippen LogP contribution is -2.44. The first-order valence-corrected chi connectivity index (χ1v) is 5.95. The van der Waals surface area contributed by atoms with Crippen LogP contribution in [0.1, 0.15) is 5.56 Å². The van der Waals surface area contributed by atoms with Crippen LogP contribution in [0.15, 0.2) is 12.3 Å². The second kappa shape index (κ2) is 5.02. The largest absolute Gasteiger partial charge is 0.354 e. The number of halogens is 1. The number of nitrogens with zero attached hydrogens (tertiary/aromatic N) is 3. The second-order valence-corrected chi connectivity index (χ2v) is 4.58. The van der Waals surface area contributed by atoms with E-state index in [1.807, 2.05) is 0 Å². The highest BCUT2D eigenvalue weighted by atomic mass is 35.5. The van der Waals surface area contributed by atoms with Gasteiger partial charge in [-0.3, -0.25) is 0 Å². The molecular weight excluding hydrogens is 222 g/mol. The maximum absolute atomic E-state index is 6.03. The Hall–Kier alpha value is -0.800. The Morgan fingerprint density at radius 1 is 1.38 bits per heavy atom. The molecule has 0 aliphatic carbocycles. The monoisotopic (exact) mass is 238 g/mol. The van der Waals surface area contributed by atoms with Crippen molar-refractivity contribution < 1.29 is 0 Å². The van der Waals surface area contributed by atoms with Crippen molar-refractivity contribution in [1.82, 2.24) is 9.88 Å². The number of rotatable bonds is 2. The molecule has 0 bridgehead atoms. The van der Waals surface area contributed by atoms with Gasteiger partial charge in [-0.05, 0) is 32.0 Å². The molecule has 3 nitrogen and oxygen atoms in total. The molecule has 0 aromatic carbocycles. The number of anilines is 1. The van der Waals surface area contributed by atoms with Crippen LogP contribution in [0.4, 0.5) is 5.82 Å². The normalized spacial score (nSPS) is 17.8. The first-order valence-electron chi connectivity index (χ1n) is 5.58. The van der Waals surface area contributed by atoms with Crippen molar-refractivity contribution in [2.75, 3.05) is 38.1 Å². The topological polar surface area (TPSA) is 19.4 Å². The number of aromatic nitrogens is 1. The molecule has 1 radical (unpaired) electrons. The van der Waals surface area contributed by atoms with E-state index in [2.05, 4.69) is 34.8 Å². The van der Waals surface area contributed by atoms with E-state index in [1.54, 1.807) is 6.20 Å². The second-order valence-electron chi connectivity index (χ2n) is 4.17. The zero-order valence-corrected chi connectivity index (χ0v) is 10.4. The summed E-state index contributed by atoms with van der Waals surface area (Å²) in [6.45, 7) is 8.11. The van der Waals surface area contributed by atoms with Gasteiger partial charge >= 0.3 is 0 Å². The Bertz CT molecular complexity index is 359. The van der Waals surface area contributed by atoms with E-state index in [1.165, 1.54) is 0 Å². The van der Waals surface area contributed by atoms with Crippen molar-refractivity contribution in [3.05, 3.63) is 29.8 Å². The smallest absolute Gasteiger partial charge is 0.128 e. The van der Waals surface area contributed by atoms with Crippen LogP contribution < -0.4 is 4.90 Å². The molecule has 4 heteroatoms. The van der Waals surface area contributed by atoms with Gasteiger partial charge < -0.3 is 9.80 Å². The van der Waals surface area contributed by atoms with E-state index in [-0.39, 0.29) is 0 Å². The van der Waals surface area contributed by atoms with E-state index in [4.69, 9.17) is 11.6 Å². The van der Waals surface area contributed by atoms with Gasteiger partial charge in [-0.15, -0.1) is 0 Å². The zero-order valence-electron chi connectivity index (χ0n) is 9.62. The lowest BCUT2D eigenvalue weighted by Gasteiger charge is -2.33. The summed E-state index contributed by atoms with van der Waals surface area (Å²) in [4.78, 5) is 9.01. The third kappa shape index (κ3) is 2.47. The van der Waals surface area contributed by atoms with Crippen molar-refractivity contribution in [3.8, 4) is 0 Å². The average Bonchev–Trinajstić information content (AvgIpc) is 2.31. The van der Waals surface area contributed by atoms with Crippen LogP contribution in [0, 0.1) is 6.92 Å². The number of hydrogen-bond donors (Lipinski definition) is 0. The standard InChI is InChI=1S/C12H17ClN3/c1-3-10-8-12(14-9-11(10)13)16-6-4-15(2)5-7-16/h8-9H,1,3-7H2,2H3. The van der Waals surface area contributed by atoms with Crippen molar-refractivity contribution in [3.63, 3.8) is 0 Å². The maximum atomic E-state index is 6.03. The first kappa shape index (κ1) is 11.7. The number of hydrogen-bond acceptors (Lipinski definition) is 3. The van der Waals surface area contributed by atoms with E-state index < -0.39 is 0 Å². The van der Waals surface area contributed by atoms with Crippen LogP contribution in [-0.2, 0) is 6.42 Å². The van der Waals surface area contributed by atoms with Crippen molar-refractivity contribution >= 4 is 17.4 Å². The summed E-state index contributed by atoms with van der Waals surface area (Å²) in [5, 5.41) is 0.716. The van der Waals surface area contributed by atoms with Crippen molar-refractivity contribution in [2.45, 2.75) is 6.42 Å². The van der Waals surface area contributed by atoms with E-state index >= 15 is 0 Å². The molecule has 2 rings (SSSR count). The molecular formula is C12H17ClN3. The molecule has 1 aliphatic heterocycles. The minimum Gasteiger partial charge on any atom is -0.354 e. The Balaban J connectivity index is 2.14. The van der Waals surface area contributed by atoms with Gasteiger partial charge in [-0.25, -0.2) is 4.98 Å². The molecule has 0 spiro atoms. The fourth-order valence-electron chi connectivity index (χ4n) is 1.87. The Morgan fingerprint density at radius 3 is 2.69 bits per heavy atom. The highest BCUT2D eigenvalue weighted by Crippen LogP contribution is 2.21. The molecule has 1 aromatic heterocycles. The maximum Gasteiger partial charge on any atom is 0.128 e. The molecule has 0 unspecified atom stereocenters. The summed E-state index contributed by atoms with van der Waals surface area (Å²) in [7, 11) is 2.15. The average molecular weight is 239 g/mol. The van der Waals surface area contributed by atoms with Crippen LogP contribution in [0.5, 0.6) is 0 Å². The summed E-state index contributed by atoms with van der Waals surface area (Å²) >= 11 is 6.03. The Morgan fingerprint density at radius 2 is 2.06 bits per heavy atom. The van der Waals surface area contributed by atoms with Crippen LogP contribution >= 0.6 is 11.6 Å². The van der Waals surface area contributed by atoms with Gasteiger partial charge in [0.25, 0.3) is 0 Å². The van der Waals surface area contributed by atoms with Gasteiger partial charge in [-0.2, -0.15) is 0 Å². The lowest BCUT2D eigenvalue weighted by molar-refractivity contribution is 0.312. The predicted molar refractivity (Wildman–Crippen MR) is 68.0 cm³/mol. The number of likely N-dealkylation sites (N-methyl/N-ethyl adjacent to an activating group) is 1. The first-order chi connectivity index (χ1) is 7.70. The summed E-state index contributed by atoms with van der Waals surface area (Å²) in [5.41, 5.74) is 1.07. The summed E-state index contributed by atoms with van der Waals surface area (Å²) < 4.78 is 0. The minimum atomic E-state index is 0.710. The molecule has 87 valence electrons. The molecule has 1 saturated heterocycles. The fourth-order valence-corrected chi connectivity index (χ4v) is 2.07. The van der Waals surface area contributed by atoms with E-state index in [0.717, 1.165) is 37.6 Å². The summed E-state index contributed by atoms with van der Waals surface area (Å²) in [5.74, 6) is 1.02. The SMILES string of the molecule is [CH2]Cc1cc(N2CCN(C)CC2)ncc1Cl. The van der Waals surface area contributed by atoms with Gasteiger partial charge in [0.2, 0.25) is 0 Å². The molecule has 16 heavy (non-hydrogen) atoms. The van der Waals surface area contributed by atoms with Gasteiger partial charge in [-0.1, -0.05) is 11.6 Å². The van der Waals surface area contributed by atoms with Crippen LogP contribution in [0.2, 0.25) is 5.02 Å². The van der Waals surface area contributed by atoms with Gasteiger partial charge in [0.1, 0.15) is 5.82 Å². The summed E-state index contributed by atoms with van der Waals surface area (Å²) in [6.07, 6.45) is 2.44. The molecule has 0 amide bonds. The van der Waals surface area contributed by atoms with E-state index in [9.17, 15) is 0 Å². The zero-order chi connectivity index (χ0) is 11.5. The van der Waals surface area contributed by atoms with Crippen LogP contribution in [0.25, 0.3) is 0 Å². The molecule has 0 N–H and O–H groups in total. The van der Waals surface area contributed by atoms with Gasteiger partial charge in [0.05, 0.1) is 5.02 Å². The van der Waals surface area contributed by atoms with Crippen molar-refractivity contribution in [1.29, 1.82) is 0 Å². The highest BCUT2D eigenvalue weighted by molar-refractivity contribution is 6.31. The Labute approximate surface area is 102 Å². The summed E-state index contributed by atoms with van der Waals surface area (Å²) in [6, 6.07) is 2.06. The van der Waals surface area contributed by atoms with Gasteiger partial charge in [0.15, 0.2) is 0 Å². The Kier molecular flexibility index (Phi) is 3.66. The molecule has 2 heterocycles. The van der Waals surface area contributed by atoms with Gasteiger partial charge in [0, 0.05) is 32.4 Å². The molecule has 1 aliphatic rings. The fraction of sp³-hybridized carbons (Fsp3) is 0.500. The highest BCUT2D eigenvalue weighted by Gasteiger charge is 2.15. The molecule has 0 atom stereocenters. The predicted octanol–water partition coefficient (Wildman–Crippen LogP) is 1.86. The van der Waals surface area contributed by atoms with Crippen LogP contribution in [-0.4, -0.2) is 43.1 Å². The molecule has 1 aromatic rings. The quantitative estimate of drug-likeness (QED) is 0.784. The number of pyridine rings is 1.